The van der Waals surface area contributed by atoms with E-state index in [1.54, 1.807) is 23.0 Å². The van der Waals surface area contributed by atoms with E-state index in [0.717, 1.165) is 48.0 Å². The largest absolute Gasteiger partial charge is 0.478 e. The van der Waals surface area contributed by atoms with Crippen LogP contribution in [-0.2, 0) is 16.1 Å². The highest BCUT2D eigenvalue weighted by Gasteiger charge is 2.20. The molecule has 1 saturated heterocycles. The Labute approximate surface area is 180 Å². The van der Waals surface area contributed by atoms with E-state index in [0.29, 0.717) is 13.1 Å². The van der Waals surface area contributed by atoms with Crippen molar-refractivity contribution >= 4 is 5.97 Å². The summed E-state index contributed by atoms with van der Waals surface area (Å²) in [4.78, 5) is 13.0. The maximum absolute atomic E-state index is 13.5. The van der Waals surface area contributed by atoms with Gasteiger partial charge in [-0.25, -0.2) is 13.9 Å². The molecule has 0 bridgehead atoms. The van der Waals surface area contributed by atoms with Gasteiger partial charge in [0.2, 0.25) is 0 Å². The topological polar surface area (TPSA) is 67.6 Å². The maximum Gasteiger partial charge on any atom is 0.329 e. The third-order valence-electron chi connectivity index (χ3n) is 5.19. The predicted molar refractivity (Wildman–Crippen MR) is 115 cm³/mol. The van der Waals surface area contributed by atoms with Crippen LogP contribution in [-0.4, -0.2) is 45.0 Å². The number of ether oxygens (including phenoxy) is 1. The summed E-state index contributed by atoms with van der Waals surface area (Å²) in [5.41, 5.74) is 3.34. The van der Waals surface area contributed by atoms with Crippen molar-refractivity contribution in [3.8, 4) is 16.9 Å². The fourth-order valence-corrected chi connectivity index (χ4v) is 3.71. The van der Waals surface area contributed by atoms with Crippen LogP contribution in [0.3, 0.4) is 0 Å². The molecule has 0 spiro atoms. The van der Waals surface area contributed by atoms with E-state index < -0.39 is 5.97 Å². The van der Waals surface area contributed by atoms with Crippen molar-refractivity contribution in [3.63, 3.8) is 0 Å². The first-order valence-corrected chi connectivity index (χ1v) is 10.2. The fraction of sp³-hybridized carbons (Fsp3) is 0.250. The Morgan fingerprint density at radius 3 is 2.68 bits per heavy atom. The van der Waals surface area contributed by atoms with Gasteiger partial charge in [-0.2, -0.15) is 5.10 Å². The SMILES string of the molecule is O=C(O)/C=C/N(Cc1cn(-c2ccccc2)nc1-c1ccc(F)cc1)CC1CCCO1. The lowest BCUT2D eigenvalue weighted by Crippen LogP contribution is -2.28. The lowest BCUT2D eigenvalue weighted by Gasteiger charge is -2.23. The van der Waals surface area contributed by atoms with Gasteiger partial charge in [0.25, 0.3) is 0 Å². The number of carboxylic acids is 1. The summed E-state index contributed by atoms with van der Waals surface area (Å²) in [6.07, 6.45) is 6.67. The Morgan fingerprint density at radius 1 is 1.23 bits per heavy atom. The second-order valence-corrected chi connectivity index (χ2v) is 7.51. The van der Waals surface area contributed by atoms with E-state index in [2.05, 4.69) is 0 Å². The van der Waals surface area contributed by atoms with Gasteiger partial charge >= 0.3 is 5.97 Å². The molecule has 1 aliphatic rings. The number of benzene rings is 2. The molecule has 1 aromatic heterocycles. The number of carboxylic acid groups (broad SMARTS) is 1. The lowest BCUT2D eigenvalue weighted by molar-refractivity contribution is -0.131. The van der Waals surface area contributed by atoms with Crippen molar-refractivity contribution in [3.05, 3.63) is 84.5 Å². The first-order chi connectivity index (χ1) is 15.1. The molecular formula is C24H24FN3O3. The van der Waals surface area contributed by atoms with Gasteiger partial charge in [0, 0.05) is 49.3 Å². The molecule has 31 heavy (non-hydrogen) atoms. The van der Waals surface area contributed by atoms with Gasteiger partial charge in [-0.05, 0) is 49.2 Å². The van der Waals surface area contributed by atoms with Crippen LogP contribution in [0.4, 0.5) is 4.39 Å². The van der Waals surface area contributed by atoms with E-state index in [1.165, 1.54) is 12.1 Å². The number of hydrogen-bond acceptors (Lipinski definition) is 4. The Kier molecular flexibility index (Phi) is 6.43. The van der Waals surface area contributed by atoms with Crippen molar-refractivity contribution in [2.45, 2.75) is 25.5 Å². The van der Waals surface area contributed by atoms with Crippen molar-refractivity contribution < 1.29 is 19.0 Å². The highest BCUT2D eigenvalue weighted by atomic mass is 19.1. The fourth-order valence-electron chi connectivity index (χ4n) is 3.71. The van der Waals surface area contributed by atoms with Gasteiger partial charge in [0.15, 0.2) is 0 Å². The molecule has 1 atom stereocenters. The van der Waals surface area contributed by atoms with Gasteiger partial charge < -0.3 is 14.7 Å². The normalized spacial score (nSPS) is 16.1. The molecule has 1 unspecified atom stereocenters. The molecule has 2 aromatic carbocycles. The lowest BCUT2D eigenvalue weighted by atomic mass is 10.1. The smallest absolute Gasteiger partial charge is 0.329 e. The number of carbonyl (C=O) groups is 1. The average Bonchev–Trinajstić information content (AvgIpc) is 3.43. The van der Waals surface area contributed by atoms with Crippen LogP contribution in [0.15, 0.2) is 73.1 Å². The molecule has 160 valence electrons. The Morgan fingerprint density at radius 2 is 2.00 bits per heavy atom. The van der Waals surface area contributed by atoms with Crippen LogP contribution in [0.2, 0.25) is 0 Å². The first-order valence-electron chi connectivity index (χ1n) is 10.2. The second-order valence-electron chi connectivity index (χ2n) is 7.51. The summed E-state index contributed by atoms with van der Waals surface area (Å²) in [5, 5.41) is 13.9. The quantitative estimate of drug-likeness (QED) is 0.551. The van der Waals surface area contributed by atoms with Crippen molar-refractivity contribution in [1.82, 2.24) is 14.7 Å². The summed E-state index contributed by atoms with van der Waals surface area (Å²) < 4.78 is 21.0. The number of aliphatic carboxylic acids is 1. The molecule has 0 radical (unpaired) electrons. The van der Waals surface area contributed by atoms with Gasteiger partial charge in [0.1, 0.15) is 5.82 Å². The molecule has 1 N–H and O–H groups in total. The minimum Gasteiger partial charge on any atom is -0.478 e. The average molecular weight is 421 g/mol. The van der Waals surface area contributed by atoms with Crippen molar-refractivity contribution in [2.24, 2.45) is 0 Å². The molecule has 6 nitrogen and oxygen atoms in total. The number of nitrogens with zero attached hydrogens (tertiary/aromatic N) is 3. The highest BCUT2D eigenvalue weighted by molar-refractivity contribution is 5.79. The molecule has 1 fully saturated rings. The van der Waals surface area contributed by atoms with Crippen LogP contribution in [0.1, 0.15) is 18.4 Å². The maximum atomic E-state index is 13.5. The summed E-state index contributed by atoms with van der Waals surface area (Å²) in [6, 6.07) is 16.0. The zero-order valence-electron chi connectivity index (χ0n) is 17.0. The number of aromatic nitrogens is 2. The Balaban J connectivity index is 1.68. The monoisotopic (exact) mass is 421 g/mol. The zero-order chi connectivity index (χ0) is 21.6. The molecule has 3 aromatic rings. The summed E-state index contributed by atoms with van der Waals surface area (Å²) >= 11 is 0. The molecular weight excluding hydrogens is 397 g/mol. The molecule has 0 aliphatic carbocycles. The standard InChI is InChI=1S/C24H24FN3O3/c25-20-10-8-18(9-11-20)24-19(16-28(26-24)21-5-2-1-3-6-21)15-27(13-12-23(29)30)17-22-7-4-14-31-22/h1-3,5-6,8-13,16,22H,4,7,14-15,17H2,(H,29,30)/b13-12+. The van der Waals surface area contributed by atoms with Crippen molar-refractivity contribution in [2.75, 3.05) is 13.2 Å². The minimum atomic E-state index is -1.00. The molecule has 1 aliphatic heterocycles. The molecule has 2 heterocycles. The van der Waals surface area contributed by atoms with Gasteiger partial charge in [-0.15, -0.1) is 0 Å². The van der Waals surface area contributed by atoms with Crippen LogP contribution >= 0.6 is 0 Å². The van der Waals surface area contributed by atoms with Crippen LogP contribution in [0.25, 0.3) is 16.9 Å². The van der Waals surface area contributed by atoms with Gasteiger partial charge in [-0.1, -0.05) is 18.2 Å². The Bertz CT molecular complexity index is 1040. The Hall–Kier alpha value is -3.45. The van der Waals surface area contributed by atoms with E-state index in [1.807, 2.05) is 41.4 Å². The van der Waals surface area contributed by atoms with E-state index >= 15 is 0 Å². The van der Waals surface area contributed by atoms with Crippen molar-refractivity contribution in [1.29, 1.82) is 0 Å². The highest BCUT2D eigenvalue weighted by Crippen LogP contribution is 2.26. The predicted octanol–water partition coefficient (Wildman–Crippen LogP) is 4.26. The minimum absolute atomic E-state index is 0.0666. The van der Waals surface area contributed by atoms with Crippen LogP contribution in [0.5, 0.6) is 0 Å². The third kappa shape index (κ3) is 5.38. The second kappa shape index (κ2) is 9.57. The number of hydrogen-bond donors (Lipinski definition) is 1. The number of rotatable bonds is 8. The van der Waals surface area contributed by atoms with E-state index in [4.69, 9.17) is 14.9 Å². The molecule has 0 saturated carbocycles. The van der Waals surface area contributed by atoms with Gasteiger partial charge in [-0.3, -0.25) is 0 Å². The summed E-state index contributed by atoms with van der Waals surface area (Å²) in [7, 11) is 0. The van der Waals surface area contributed by atoms with Crippen LogP contribution in [0, 0.1) is 5.82 Å². The third-order valence-corrected chi connectivity index (χ3v) is 5.19. The molecule has 0 amide bonds. The van der Waals surface area contributed by atoms with E-state index in [-0.39, 0.29) is 11.9 Å². The molecule has 4 rings (SSSR count). The van der Waals surface area contributed by atoms with E-state index in [9.17, 15) is 9.18 Å². The summed E-state index contributed by atoms with van der Waals surface area (Å²) in [6.45, 7) is 1.76. The first kappa shape index (κ1) is 20.8. The van der Waals surface area contributed by atoms with Gasteiger partial charge in [0.05, 0.1) is 17.5 Å². The van der Waals surface area contributed by atoms with Crippen LogP contribution < -0.4 is 0 Å². The molecule has 7 heteroatoms. The zero-order valence-corrected chi connectivity index (χ0v) is 17.0. The number of para-hydroxylation sites is 1. The number of halogens is 1. The summed E-state index contributed by atoms with van der Waals surface area (Å²) in [5.74, 6) is -1.31.